The van der Waals surface area contributed by atoms with Crippen LogP contribution in [0.1, 0.15) is 10.4 Å². The topological polar surface area (TPSA) is 70.1 Å². The van der Waals surface area contributed by atoms with Gasteiger partial charge in [0.05, 0.1) is 12.7 Å². The van der Waals surface area contributed by atoms with E-state index in [4.69, 9.17) is 5.73 Å². The van der Waals surface area contributed by atoms with Crippen LogP contribution < -0.4 is 5.73 Å². The first-order chi connectivity index (χ1) is 8.61. The van der Waals surface area contributed by atoms with E-state index < -0.39 is 5.97 Å². The molecule has 1 heterocycles. The second-order valence-electron chi connectivity index (χ2n) is 3.67. The average Bonchev–Trinajstić information content (AvgIpc) is 2.76. The first-order valence-corrected chi connectivity index (χ1v) is 6.06. The molecule has 0 bridgehead atoms. The summed E-state index contributed by atoms with van der Waals surface area (Å²) in [7, 11) is 3.25. The van der Waals surface area contributed by atoms with Gasteiger partial charge in [0.15, 0.2) is 5.16 Å². The van der Waals surface area contributed by atoms with Crippen molar-refractivity contribution in [3.8, 4) is 0 Å². The Morgan fingerprint density at radius 2 is 2.28 bits per heavy atom. The molecular formula is C12H13N3O2S. The number of aromatic nitrogens is 2. The fourth-order valence-electron chi connectivity index (χ4n) is 1.43. The van der Waals surface area contributed by atoms with E-state index in [2.05, 4.69) is 9.72 Å². The molecule has 5 nitrogen and oxygen atoms in total. The monoisotopic (exact) mass is 263 g/mol. The largest absolute Gasteiger partial charge is 0.465 e. The number of anilines is 1. The standard InChI is InChI=1S/C12H13N3O2S/c1-15-6-5-14-12(15)18-10-4-3-8(7-9(10)13)11(16)17-2/h3-7H,13H2,1-2H3. The molecule has 0 saturated carbocycles. The highest BCUT2D eigenvalue weighted by molar-refractivity contribution is 7.99. The Kier molecular flexibility index (Phi) is 3.57. The quantitative estimate of drug-likeness (QED) is 0.677. The van der Waals surface area contributed by atoms with Crippen LogP contribution in [-0.4, -0.2) is 22.6 Å². The number of esters is 1. The number of benzene rings is 1. The van der Waals surface area contributed by atoms with E-state index >= 15 is 0 Å². The van der Waals surface area contributed by atoms with E-state index in [9.17, 15) is 4.79 Å². The molecule has 1 aromatic carbocycles. The number of imidazole rings is 1. The van der Waals surface area contributed by atoms with Gasteiger partial charge in [0, 0.05) is 30.0 Å². The Hall–Kier alpha value is -1.95. The van der Waals surface area contributed by atoms with Gasteiger partial charge < -0.3 is 15.0 Å². The molecule has 0 aliphatic carbocycles. The van der Waals surface area contributed by atoms with Crippen molar-refractivity contribution < 1.29 is 9.53 Å². The van der Waals surface area contributed by atoms with E-state index in [1.54, 1.807) is 24.4 Å². The van der Waals surface area contributed by atoms with E-state index in [0.717, 1.165) is 10.1 Å². The van der Waals surface area contributed by atoms with Crippen molar-refractivity contribution in [1.29, 1.82) is 0 Å². The minimum Gasteiger partial charge on any atom is -0.465 e. The lowest BCUT2D eigenvalue weighted by molar-refractivity contribution is 0.0600. The second kappa shape index (κ2) is 5.14. The maximum atomic E-state index is 11.3. The molecule has 0 fully saturated rings. The van der Waals surface area contributed by atoms with E-state index in [0.29, 0.717) is 11.3 Å². The summed E-state index contributed by atoms with van der Waals surface area (Å²) in [5.41, 5.74) is 6.89. The van der Waals surface area contributed by atoms with Crippen molar-refractivity contribution in [3.63, 3.8) is 0 Å². The summed E-state index contributed by atoms with van der Waals surface area (Å²) < 4.78 is 6.54. The normalized spacial score (nSPS) is 10.3. The van der Waals surface area contributed by atoms with Crippen LogP contribution in [0.2, 0.25) is 0 Å². The third-order valence-corrected chi connectivity index (χ3v) is 3.58. The van der Waals surface area contributed by atoms with Gasteiger partial charge in [0.1, 0.15) is 0 Å². The summed E-state index contributed by atoms with van der Waals surface area (Å²) in [5.74, 6) is -0.393. The maximum Gasteiger partial charge on any atom is 0.337 e. The van der Waals surface area contributed by atoms with Crippen molar-refractivity contribution in [3.05, 3.63) is 36.2 Å². The van der Waals surface area contributed by atoms with Crippen LogP contribution in [0, 0.1) is 0 Å². The highest BCUT2D eigenvalue weighted by Gasteiger charge is 2.10. The minimum atomic E-state index is -0.393. The molecule has 6 heteroatoms. The molecule has 94 valence electrons. The van der Waals surface area contributed by atoms with Gasteiger partial charge in [-0.25, -0.2) is 9.78 Å². The molecular weight excluding hydrogens is 250 g/mol. The number of methoxy groups -OCH3 is 1. The van der Waals surface area contributed by atoms with Crippen LogP contribution in [0.5, 0.6) is 0 Å². The number of hydrogen-bond acceptors (Lipinski definition) is 5. The summed E-state index contributed by atoms with van der Waals surface area (Å²) in [6.07, 6.45) is 3.59. The van der Waals surface area contributed by atoms with Crippen LogP contribution in [-0.2, 0) is 11.8 Å². The molecule has 0 radical (unpaired) electrons. The molecule has 0 spiro atoms. The van der Waals surface area contributed by atoms with Gasteiger partial charge in [-0.3, -0.25) is 0 Å². The van der Waals surface area contributed by atoms with Crippen LogP contribution >= 0.6 is 11.8 Å². The predicted octanol–water partition coefficient (Wildman–Crippen LogP) is 1.94. The first kappa shape index (κ1) is 12.5. The molecule has 0 aliphatic heterocycles. The minimum absolute atomic E-state index is 0.393. The number of nitrogens with zero attached hydrogens (tertiary/aromatic N) is 2. The molecule has 0 amide bonds. The number of nitrogen functional groups attached to an aromatic ring is 1. The van der Waals surface area contributed by atoms with Gasteiger partial charge in [-0.2, -0.15) is 0 Å². The summed E-state index contributed by atoms with van der Waals surface area (Å²) in [4.78, 5) is 16.4. The molecule has 0 aliphatic rings. The van der Waals surface area contributed by atoms with E-state index in [1.807, 2.05) is 17.8 Å². The number of nitrogens with two attached hydrogens (primary N) is 1. The average molecular weight is 263 g/mol. The zero-order chi connectivity index (χ0) is 13.1. The molecule has 1 aromatic heterocycles. The fourth-order valence-corrected chi connectivity index (χ4v) is 2.26. The molecule has 0 atom stereocenters. The highest BCUT2D eigenvalue weighted by Crippen LogP contribution is 2.31. The molecule has 0 saturated heterocycles. The molecule has 2 N–H and O–H groups in total. The lowest BCUT2D eigenvalue weighted by atomic mass is 10.2. The Morgan fingerprint density at radius 1 is 1.50 bits per heavy atom. The lowest BCUT2D eigenvalue weighted by Crippen LogP contribution is -2.02. The Balaban J connectivity index is 2.25. The third kappa shape index (κ3) is 2.48. The van der Waals surface area contributed by atoms with Crippen molar-refractivity contribution in [2.24, 2.45) is 7.05 Å². The van der Waals surface area contributed by atoms with Crippen molar-refractivity contribution in [2.45, 2.75) is 10.1 Å². The van der Waals surface area contributed by atoms with Gasteiger partial charge in [0.2, 0.25) is 0 Å². The van der Waals surface area contributed by atoms with Gasteiger partial charge in [-0.1, -0.05) is 0 Å². The van der Waals surface area contributed by atoms with Gasteiger partial charge in [-0.05, 0) is 30.0 Å². The summed E-state index contributed by atoms with van der Waals surface area (Å²) in [5, 5.41) is 0.840. The Labute approximate surface area is 109 Å². The highest BCUT2D eigenvalue weighted by atomic mass is 32.2. The van der Waals surface area contributed by atoms with Crippen LogP contribution in [0.3, 0.4) is 0 Å². The number of ether oxygens (including phenoxy) is 1. The second-order valence-corrected chi connectivity index (χ2v) is 4.68. The third-order valence-electron chi connectivity index (χ3n) is 2.41. The number of rotatable bonds is 3. The SMILES string of the molecule is COC(=O)c1ccc(Sc2nccn2C)c(N)c1. The molecule has 2 rings (SSSR count). The fraction of sp³-hybridized carbons (Fsp3) is 0.167. The summed E-state index contributed by atoms with van der Waals surface area (Å²) in [6.45, 7) is 0. The van der Waals surface area contributed by atoms with Crippen molar-refractivity contribution >= 4 is 23.4 Å². The predicted molar refractivity (Wildman–Crippen MR) is 69.5 cm³/mol. The van der Waals surface area contributed by atoms with Crippen LogP contribution in [0.25, 0.3) is 0 Å². The van der Waals surface area contributed by atoms with Crippen LogP contribution in [0.4, 0.5) is 5.69 Å². The lowest BCUT2D eigenvalue weighted by Gasteiger charge is -2.07. The molecule has 18 heavy (non-hydrogen) atoms. The van der Waals surface area contributed by atoms with Crippen molar-refractivity contribution in [1.82, 2.24) is 9.55 Å². The van der Waals surface area contributed by atoms with Gasteiger partial charge >= 0.3 is 5.97 Å². The Bertz CT molecular complexity index is 580. The number of carbonyl (C=O) groups is 1. The molecule has 2 aromatic rings. The van der Waals surface area contributed by atoms with E-state index in [1.165, 1.54) is 18.9 Å². The Morgan fingerprint density at radius 3 is 2.83 bits per heavy atom. The summed E-state index contributed by atoms with van der Waals surface area (Å²) >= 11 is 1.45. The van der Waals surface area contributed by atoms with E-state index in [-0.39, 0.29) is 0 Å². The molecule has 0 unspecified atom stereocenters. The van der Waals surface area contributed by atoms with Gasteiger partial charge in [-0.15, -0.1) is 0 Å². The smallest absolute Gasteiger partial charge is 0.337 e. The maximum absolute atomic E-state index is 11.3. The van der Waals surface area contributed by atoms with Crippen molar-refractivity contribution in [2.75, 3.05) is 12.8 Å². The zero-order valence-electron chi connectivity index (χ0n) is 10.1. The number of hydrogen-bond donors (Lipinski definition) is 1. The zero-order valence-corrected chi connectivity index (χ0v) is 10.9. The van der Waals surface area contributed by atoms with Crippen LogP contribution in [0.15, 0.2) is 40.6 Å². The van der Waals surface area contributed by atoms with Gasteiger partial charge in [0.25, 0.3) is 0 Å². The summed E-state index contributed by atoms with van der Waals surface area (Å²) in [6, 6.07) is 5.09. The number of aryl methyl sites for hydroxylation is 1. The number of carbonyl (C=O) groups excluding carboxylic acids is 1. The first-order valence-electron chi connectivity index (χ1n) is 5.25.